The van der Waals surface area contributed by atoms with Gasteiger partial charge in [0.05, 0.1) is 16.2 Å². The molecule has 0 saturated carbocycles. The molecule has 0 bridgehead atoms. The number of hydrogen-bond acceptors (Lipinski definition) is 5. The molecule has 0 atom stereocenters. The second-order valence-corrected chi connectivity index (χ2v) is 10.4. The Balaban J connectivity index is 1.68. The average molecular weight is 477 g/mol. The number of rotatable bonds is 8. The zero-order chi connectivity index (χ0) is 24.3. The van der Waals surface area contributed by atoms with Gasteiger partial charge in [0, 0.05) is 37.1 Å². The fraction of sp³-hybridized carbons (Fsp3) is 0.192. The number of carbonyl (C=O) groups excluding carboxylic acids is 1. The molecule has 0 fully saturated rings. The third-order valence-electron chi connectivity index (χ3n) is 5.68. The predicted molar refractivity (Wildman–Crippen MR) is 137 cm³/mol. The first-order valence-electron chi connectivity index (χ1n) is 11.0. The van der Waals surface area contributed by atoms with Gasteiger partial charge in [-0.3, -0.25) is 4.79 Å². The third-order valence-corrected chi connectivity index (χ3v) is 7.55. The zero-order valence-electron chi connectivity index (χ0n) is 19.4. The summed E-state index contributed by atoms with van der Waals surface area (Å²) in [6, 6.07) is 23.8. The van der Waals surface area contributed by atoms with E-state index in [0.717, 1.165) is 16.8 Å². The minimum Gasteiger partial charge on any atom is -0.354 e. The first kappa shape index (κ1) is 23.7. The molecule has 0 spiro atoms. The van der Waals surface area contributed by atoms with Gasteiger partial charge in [0.25, 0.3) is 5.91 Å². The zero-order valence-corrected chi connectivity index (χ0v) is 20.3. The number of carbonyl (C=O) groups is 1. The van der Waals surface area contributed by atoms with Crippen LogP contribution in [0.3, 0.4) is 0 Å². The Morgan fingerprint density at radius 2 is 1.50 bits per heavy atom. The van der Waals surface area contributed by atoms with Crippen molar-refractivity contribution in [3.8, 4) is 0 Å². The van der Waals surface area contributed by atoms with Crippen molar-refractivity contribution in [2.45, 2.75) is 4.90 Å². The molecule has 34 heavy (non-hydrogen) atoms. The minimum absolute atomic E-state index is 0.186. The lowest BCUT2D eigenvalue weighted by molar-refractivity contribution is -0.110. The van der Waals surface area contributed by atoms with Gasteiger partial charge in [-0.05, 0) is 50.0 Å². The van der Waals surface area contributed by atoms with Crippen LogP contribution in [0.15, 0.2) is 83.8 Å². The van der Waals surface area contributed by atoms with Crippen molar-refractivity contribution < 1.29 is 13.2 Å². The lowest BCUT2D eigenvalue weighted by Gasteiger charge is -2.20. The van der Waals surface area contributed by atoms with Crippen molar-refractivity contribution in [2.75, 3.05) is 44.9 Å². The van der Waals surface area contributed by atoms with E-state index in [2.05, 4.69) is 10.6 Å². The Hall–Kier alpha value is -3.46. The van der Waals surface area contributed by atoms with Crippen LogP contribution in [-0.4, -0.2) is 57.8 Å². The van der Waals surface area contributed by atoms with Gasteiger partial charge in [-0.25, -0.2) is 8.42 Å². The van der Waals surface area contributed by atoms with Crippen molar-refractivity contribution in [2.24, 2.45) is 0 Å². The van der Waals surface area contributed by atoms with Crippen LogP contribution in [0.2, 0.25) is 0 Å². The molecule has 1 amide bonds. The van der Waals surface area contributed by atoms with Gasteiger partial charge in [0.15, 0.2) is 0 Å². The topological polar surface area (TPSA) is 81.8 Å². The van der Waals surface area contributed by atoms with Crippen molar-refractivity contribution >= 4 is 38.6 Å². The van der Waals surface area contributed by atoms with Crippen LogP contribution in [0.5, 0.6) is 0 Å². The average Bonchev–Trinajstić information content (AvgIpc) is 3.17. The van der Waals surface area contributed by atoms with Gasteiger partial charge in [-0.1, -0.05) is 48.5 Å². The first-order valence-corrected chi connectivity index (χ1v) is 12.4. The number of benzene rings is 3. The highest BCUT2D eigenvalue weighted by molar-refractivity contribution is 7.89. The van der Waals surface area contributed by atoms with Crippen LogP contribution >= 0.6 is 0 Å². The van der Waals surface area contributed by atoms with Gasteiger partial charge >= 0.3 is 0 Å². The maximum absolute atomic E-state index is 12.9. The summed E-state index contributed by atoms with van der Waals surface area (Å²) >= 11 is 0. The number of amides is 1. The number of sulfonamides is 1. The summed E-state index contributed by atoms with van der Waals surface area (Å²) in [6.45, 7) is 1.03. The number of nitrogens with zero attached hydrogens (tertiary/aromatic N) is 2. The summed E-state index contributed by atoms with van der Waals surface area (Å²) in [5.41, 5.74) is 4.31. The lowest BCUT2D eigenvalue weighted by atomic mass is 10.00. The maximum atomic E-state index is 12.9. The van der Waals surface area contributed by atoms with E-state index in [0.29, 0.717) is 30.0 Å². The van der Waals surface area contributed by atoms with Gasteiger partial charge in [-0.15, -0.1) is 0 Å². The van der Waals surface area contributed by atoms with E-state index in [-0.39, 0.29) is 10.8 Å². The highest BCUT2D eigenvalue weighted by atomic mass is 32.2. The molecule has 8 heteroatoms. The summed E-state index contributed by atoms with van der Waals surface area (Å²) in [4.78, 5) is 15.1. The summed E-state index contributed by atoms with van der Waals surface area (Å²) in [7, 11) is 1.80. The molecule has 2 N–H and O–H groups in total. The third kappa shape index (κ3) is 4.89. The van der Waals surface area contributed by atoms with E-state index in [9.17, 15) is 13.2 Å². The van der Waals surface area contributed by atoms with E-state index in [4.69, 9.17) is 0 Å². The number of hydrogen-bond donors (Lipinski definition) is 2. The van der Waals surface area contributed by atoms with Crippen LogP contribution in [-0.2, 0) is 14.8 Å². The van der Waals surface area contributed by atoms with Gasteiger partial charge < -0.3 is 15.5 Å². The molecular formula is C26H28N4O3S. The van der Waals surface area contributed by atoms with Crippen molar-refractivity contribution in [3.05, 3.63) is 90.0 Å². The van der Waals surface area contributed by atoms with Crippen LogP contribution in [0.25, 0.3) is 11.3 Å². The van der Waals surface area contributed by atoms with Gasteiger partial charge in [0.2, 0.25) is 10.0 Å². The molecule has 1 aliphatic heterocycles. The smallest absolute Gasteiger partial charge is 0.258 e. The molecule has 1 heterocycles. The molecule has 176 valence electrons. The molecule has 0 radical (unpaired) electrons. The van der Waals surface area contributed by atoms with Crippen molar-refractivity contribution in [1.29, 1.82) is 0 Å². The largest absolute Gasteiger partial charge is 0.354 e. The summed E-state index contributed by atoms with van der Waals surface area (Å²) in [6.07, 6.45) is 0. The number of nitrogens with one attached hydrogen (secondary N) is 2. The summed E-state index contributed by atoms with van der Waals surface area (Å²) in [5.74, 6) is -0.186. The quantitative estimate of drug-likeness (QED) is 0.484. The molecule has 4 rings (SSSR count). The van der Waals surface area contributed by atoms with Crippen molar-refractivity contribution in [3.63, 3.8) is 0 Å². The number of para-hydroxylation sites is 1. The monoisotopic (exact) mass is 476 g/mol. The van der Waals surface area contributed by atoms with E-state index < -0.39 is 10.0 Å². The predicted octanol–water partition coefficient (Wildman–Crippen LogP) is 3.80. The summed E-state index contributed by atoms with van der Waals surface area (Å²) in [5, 5.41) is 6.28. The Morgan fingerprint density at radius 3 is 2.18 bits per heavy atom. The number of likely N-dealkylation sites (N-methyl/N-ethyl adjacent to an activating group) is 2. The lowest BCUT2D eigenvalue weighted by Crippen LogP contribution is -2.33. The normalized spacial score (nSPS) is 14.8. The molecule has 0 saturated heterocycles. The second-order valence-electron chi connectivity index (χ2n) is 8.39. The molecular weight excluding hydrogens is 448 g/mol. The van der Waals surface area contributed by atoms with E-state index in [1.165, 1.54) is 4.31 Å². The standard InChI is InChI=1S/C26H28N4O3S/c1-29(2)17-18-30(3)34(32,33)21-15-13-20(14-16-21)27-25(19-9-5-4-6-10-19)24-22-11-7-8-12-23(22)28-26(24)31/h4-16,27H,17-18H2,1-3H3,(H,28,31)/b25-24-. The molecule has 0 unspecified atom stereocenters. The number of fused-ring (bicyclic) bond motifs is 1. The summed E-state index contributed by atoms with van der Waals surface area (Å²) < 4.78 is 27.2. The molecule has 0 aromatic heterocycles. The first-order chi connectivity index (χ1) is 16.3. The Labute approximate surface area is 200 Å². The van der Waals surface area contributed by atoms with Crippen LogP contribution in [0.1, 0.15) is 11.1 Å². The molecule has 1 aliphatic rings. The fourth-order valence-electron chi connectivity index (χ4n) is 3.74. The second kappa shape index (κ2) is 9.80. The molecule has 7 nitrogen and oxygen atoms in total. The minimum atomic E-state index is -3.59. The highest BCUT2D eigenvalue weighted by Gasteiger charge is 2.28. The van der Waals surface area contributed by atoms with E-state index >= 15 is 0 Å². The fourth-order valence-corrected chi connectivity index (χ4v) is 4.91. The molecule has 0 aliphatic carbocycles. The highest BCUT2D eigenvalue weighted by Crippen LogP contribution is 2.37. The molecule has 3 aromatic carbocycles. The van der Waals surface area contributed by atoms with E-state index in [1.54, 1.807) is 31.3 Å². The Morgan fingerprint density at radius 1 is 0.853 bits per heavy atom. The van der Waals surface area contributed by atoms with Crippen LogP contribution < -0.4 is 10.6 Å². The Bertz CT molecular complexity index is 1320. The van der Waals surface area contributed by atoms with Crippen LogP contribution in [0, 0.1) is 0 Å². The van der Waals surface area contributed by atoms with Crippen molar-refractivity contribution in [1.82, 2.24) is 9.21 Å². The maximum Gasteiger partial charge on any atom is 0.258 e. The number of anilines is 2. The van der Waals surface area contributed by atoms with E-state index in [1.807, 2.05) is 73.6 Å². The SMILES string of the molecule is CN(C)CCN(C)S(=O)(=O)c1ccc(N/C(=C2\C(=O)Nc3ccccc32)c2ccccc2)cc1. The molecule has 3 aromatic rings. The van der Waals surface area contributed by atoms with Crippen LogP contribution in [0.4, 0.5) is 11.4 Å². The van der Waals surface area contributed by atoms with Gasteiger partial charge in [-0.2, -0.15) is 4.31 Å². The Kier molecular flexibility index (Phi) is 6.83. The van der Waals surface area contributed by atoms with Gasteiger partial charge in [0.1, 0.15) is 0 Å².